The second-order valence-electron chi connectivity index (χ2n) is 5.96. The molecule has 2 rings (SSSR count). The van der Waals surface area contributed by atoms with E-state index in [-0.39, 0.29) is 0 Å². The first kappa shape index (κ1) is 20.0. The van der Waals surface area contributed by atoms with Gasteiger partial charge in [-0.25, -0.2) is 0 Å². The van der Waals surface area contributed by atoms with Crippen LogP contribution >= 0.6 is 0 Å². The highest BCUT2D eigenvalue weighted by atomic mass is 16.7. The number of carbonyl (C=O) groups excluding carboxylic acids is 2. The smallest absolute Gasteiger partial charge is 0.223 e. The Balaban J connectivity index is 2.23. The maximum atomic E-state index is 11.5. The SMILES string of the molecule is COc1ccc(O[C@H]2O[C@H](CO)[C@@H](NC(C)=O)[C@H](O)[C@H]2NC(C)=O)cc1. The van der Waals surface area contributed by atoms with Crippen molar-refractivity contribution in [1.29, 1.82) is 0 Å². The summed E-state index contributed by atoms with van der Waals surface area (Å²) < 4.78 is 16.5. The summed E-state index contributed by atoms with van der Waals surface area (Å²) in [5.41, 5.74) is 0. The van der Waals surface area contributed by atoms with Gasteiger partial charge in [-0.2, -0.15) is 0 Å². The van der Waals surface area contributed by atoms with E-state index < -0.39 is 49.0 Å². The molecule has 2 amide bonds. The average molecular weight is 368 g/mol. The minimum absolute atomic E-state index is 0.396. The predicted octanol–water partition coefficient (Wildman–Crippen LogP) is -0.838. The second-order valence-corrected chi connectivity index (χ2v) is 5.96. The summed E-state index contributed by atoms with van der Waals surface area (Å²) in [6.07, 6.45) is -3.19. The van der Waals surface area contributed by atoms with Crippen molar-refractivity contribution in [3.8, 4) is 11.5 Å². The largest absolute Gasteiger partial charge is 0.497 e. The minimum atomic E-state index is -1.23. The first-order valence-electron chi connectivity index (χ1n) is 8.15. The van der Waals surface area contributed by atoms with Gasteiger partial charge >= 0.3 is 0 Å². The van der Waals surface area contributed by atoms with E-state index in [9.17, 15) is 19.8 Å². The van der Waals surface area contributed by atoms with Crippen molar-refractivity contribution >= 4 is 11.8 Å². The minimum Gasteiger partial charge on any atom is -0.497 e. The van der Waals surface area contributed by atoms with E-state index in [0.29, 0.717) is 11.5 Å². The van der Waals surface area contributed by atoms with Gasteiger partial charge in [0.15, 0.2) is 0 Å². The maximum absolute atomic E-state index is 11.5. The molecule has 0 aromatic heterocycles. The number of hydrogen-bond acceptors (Lipinski definition) is 7. The number of carbonyl (C=O) groups is 2. The van der Waals surface area contributed by atoms with Crippen molar-refractivity contribution in [2.45, 2.75) is 44.4 Å². The van der Waals surface area contributed by atoms with Crippen molar-refractivity contribution in [3.05, 3.63) is 24.3 Å². The third kappa shape index (κ3) is 4.84. The molecule has 9 nitrogen and oxygen atoms in total. The number of benzene rings is 1. The van der Waals surface area contributed by atoms with Gasteiger partial charge in [0, 0.05) is 13.8 Å². The van der Waals surface area contributed by atoms with Crippen molar-refractivity contribution in [3.63, 3.8) is 0 Å². The van der Waals surface area contributed by atoms with Crippen molar-refractivity contribution in [1.82, 2.24) is 10.6 Å². The van der Waals surface area contributed by atoms with Crippen LogP contribution in [0.4, 0.5) is 0 Å². The third-order valence-electron chi connectivity index (χ3n) is 3.97. The Morgan fingerprint density at radius 1 is 1.08 bits per heavy atom. The Labute approximate surface area is 151 Å². The molecule has 26 heavy (non-hydrogen) atoms. The molecule has 9 heteroatoms. The lowest BCUT2D eigenvalue weighted by atomic mass is 9.94. The van der Waals surface area contributed by atoms with Crippen molar-refractivity contribution < 1.29 is 34.0 Å². The Hall–Kier alpha value is -2.36. The zero-order chi connectivity index (χ0) is 19.3. The van der Waals surface area contributed by atoms with Gasteiger partial charge in [-0.1, -0.05) is 0 Å². The Kier molecular flexibility index (Phi) is 6.78. The molecule has 5 atom stereocenters. The zero-order valence-corrected chi connectivity index (χ0v) is 14.8. The van der Waals surface area contributed by atoms with Crippen LogP contribution in [0, 0.1) is 0 Å². The van der Waals surface area contributed by atoms with Gasteiger partial charge in [0.2, 0.25) is 18.1 Å². The van der Waals surface area contributed by atoms with Crippen LogP contribution in [0.1, 0.15) is 13.8 Å². The van der Waals surface area contributed by atoms with Crippen LogP contribution in [0.5, 0.6) is 11.5 Å². The lowest BCUT2D eigenvalue weighted by molar-refractivity contribution is -0.215. The lowest BCUT2D eigenvalue weighted by Crippen LogP contribution is -2.69. The number of aliphatic hydroxyl groups is 2. The summed E-state index contributed by atoms with van der Waals surface area (Å²) in [6, 6.07) is 4.82. The third-order valence-corrected chi connectivity index (χ3v) is 3.97. The normalized spacial score (nSPS) is 28.1. The second kappa shape index (κ2) is 8.84. The fourth-order valence-electron chi connectivity index (χ4n) is 2.79. The molecule has 144 valence electrons. The molecule has 1 saturated heterocycles. The molecule has 0 saturated carbocycles. The van der Waals surface area contributed by atoms with Crippen LogP contribution in [0.25, 0.3) is 0 Å². The first-order chi connectivity index (χ1) is 12.3. The summed E-state index contributed by atoms with van der Waals surface area (Å²) in [5, 5.41) is 25.3. The van der Waals surface area contributed by atoms with Crippen molar-refractivity contribution in [2.75, 3.05) is 13.7 Å². The molecule has 0 spiro atoms. The molecule has 1 fully saturated rings. The fourth-order valence-corrected chi connectivity index (χ4v) is 2.79. The molecular formula is C17H24N2O7. The fraction of sp³-hybridized carbons (Fsp3) is 0.529. The van der Waals surface area contributed by atoms with Crippen LogP contribution in [-0.2, 0) is 14.3 Å². The highest BCUT2D eigenvalue weighted by molar-refractivity contribution is 5.74. The molecule has 1 aromatic rings. The maximum Gasteiger partial charge on any atom is 0.223 e. The van der Waals surface area contributed by atoms with Crippen LogP contribution in [0.3, 0.4) is 0 Å². The summed E-state index contributed by atoms with van der Waals surface area (Å²) in [5.74, 6) is 0.268. The van der Waals surface area contributed by atoms with Gasteiger partial charge in [-0.3, -0.25) is 9.59 Å². The van der Waals surface area contributed by atoms with Gasteiger partial charge in [-0.05, 0) is 24.3 Å². The predicted molar refractivity (Wildman–Crippen MR) is 90.6 cm³/mol. The highest BCUT2D eigenvalue weighted by Gasteiger charge is 2.47. The zero-order valence-electron chi connectivity index (χ0n) is 14.8. The number of ether oxygens (including phenoxy) is 3. The van der Waals surface area contributed by atoms with Gasteiger partial charge in [0.1, 0.15) is 29.7 Å². The molecule has 0 aliphatic carbocycles. The number of amides is 2. The average Bonchev–Trinajstić information content (AvgIpc) is 2.60. The summed E-state index contributed by atoms with van der Waals surface area (Å²) in [7, 11) is 1.54. The van der Waals surface area contributed by atoms with E-state index >= 15 is 0 Å². The van der Waals surface area contributed by atoms with Crippen molar-refractivity contribution in [2.24, 2.45) is 0 Å². The van der Waals surface area contributed by atoms with Crippen LogP contribution in [0.15, 0.2) is 24.3 Å². The number of methoxy groups -OCH3 is 1. The monoisotopic (exact) mass is 368 g/mol. The van der Waals surface area contributed by atoms with Gasteiger partial charge in [0.05, 0.1) is 19.8 Å². The van der Waals surface area contributed by atoms with Gasteiger partial charge in [-0.15, -0.1) is 0 Å². The van der Waals surface area contributed by atoms with E-state index in [4.69, 9.17) is 14.2 Å². The van der Waals surface area contributed by atoms with E-state index in [0.717, 1.165) is 0 Å². The Morgan fingerprint density at radius 3 is 2.12 bits per heavy atom. The molecule has 4 N–H and O–H groups in total. The molecule has 1 aliphatic rings. The quantitative estimate of drug-likeness (QED) is 0.516. The number of hydrogen-bond donors (Lipinski definition) is 4. The molecule has 0 radical (unpaired) electrons. The van der Waals surface area contributed by atoms with Gasteiger partial charge in [0.25, 0.3) is 0 Å². The molecule has 1 aromatic carbocycles. The van der Waals surface area contributed by atoms with Crippen LogP contribution < -0.4 is 20.1 Å². The van der Waals surface area contributed by atoms with E-state index in [1.807, 2.05) is 0 Å². The molecular weight excluding hydrogens is 344 g/mol. The molecule has 1 aliphatic heterocycles. The molecule has 0 bridgehead atoms. The Morgan fingerprint density at radius 2 is 1.62 bits per heavy atom. The van der Waals surface area contributed by atoms with Crippen LogP contribution in [0.2, 0.25) is 0 Å². The summed E-state index contributed by atoms with van der Waals surface area (Å²) in [4.78, 5) is 22.9. The summed E-state index contributed by atoms with van der Waals surface area (Å²) in [6.45, 7) is 2.13. The molecule has 0 unspecified atom stereocenters. The van der Waals surface area contributed by atoms with E-state index in [1.54, 1.807) is 24.3 Å². The molecule has 1 heterocycles. The van der Waals surface area contributed by atoms with Gasteiger partial charge < -0.3 is 35.1 Å². The van der Waals surface area contributed by atoms with E-state index in [2.05, 4.69) is 10.6 Å². The number of aliphatic hydroxyl groups excluding tert-OH is 2. The number of nitrogens with one attached hydrogen (secondary N) is 2. The Bertz CT molecular complexity index is 622. The first-order valence-corrected chi connectivity index (χ1v) is 8.15. The lowest BCUT2D eigenvalue weighted by Gasteiger charge is -2.44. The summed E-state index contributed by atoms with van der Waals surface area (Å²) >= 11 is 0. The highest BCUT2D eigenvalue weighted by Crippen LogP contribution is 2.25. The standard InChI is InChI=1S/C17H24N2O7/c1-9(21)18-14-13(8-20)26-17(15(16(14)23)19-10(2)22)25-12-6-4-11(24-3)5-7-12/h4-7,13-17,20,23H,8H2,1-3H3,(H,18,21)(H,19,22)/t13-,14-,15-,16+,17+/m1/s1. The topological polar surface area (TPSA) is 126 Å². The van der Waals surface area contributed by atoms with Crippen LogP contribution in [-0.4, -0.2) is 66.3 Å². The van der Waals surface area contributed by atoms with E-state index in [1.165, 1.54) is 21.0 Å². The number of rotatable bonds is 6.